The third kappa shape index (κ3) is 4.75. The Bertz CT molecular complexity index is 751. The van der Waals surface area contributed by atoms with Crippen LogP contribution in [0, 0.1) is 0 Å². The zero-order valence-electron chi connectivity index (χ0n) is 13.3. The summed E-state index contributed by atoms with van der Waals surface area (Å²) in [5.41, 5.74) is -0.223. The summed E-state index contributed by atoms with van der Waals surface area (Å²) in [5, 5.41) is 10.7. The van der Waals surface area contributed by atoms with Crippen molar-refractivity contribution >= 4 is 17.5 Å². The summed E-state index contributed by atoms with van der Waals surface area (Å²) in [6.45, 7) is 0.717. The van der Waals surface area contributed by atoms with E-state index in [1.165, 1.54) is 21.8 Å². The van der Waals surface area contributed by atoms with Crippen LogP contribution in [-0.2, 0) is 24.1 Å². The molecular weight excluding hydrogens is 359 g/mol. The molecule has 0 saturated heterocycles. The van der Waals surface area contributed by atoms with Gasteiger partial charge in [0, 0.05) is 30.9 Å². The van der Waals surface area contributed by atoms with Crippen molar-refractivity contribution in [3.63, 3.8) is 0 Å². The van der Waals surface area contributed by atoms with Crippen molar-refractivity contribution < 1.29 is 18.0 Å². The van der Waals surface area contributed by atoms with E-state index < -0.39 is 11.9 Å². The molecule has 2 aromatic rings. The van der Waals surface area contributed by atoms with Crippen molar-refractivity contribution in [2.24, 2.45) is 0 Å². The molecular formula is C15H17ClF3N5O. The van der Waals surface area contributed by atoms with Gasteiger partial charge >= 0.3 is 6.18 Å². The summed E-state index contributed by atoms with van der Waals surface area (Å²) in [6, 6.07) is 1.14. The van der Waals surface area contributed by atoms with Crippen LogP contribution in [0.25, 0.3) is 0 Å². The number of hydrogen-bond acceptors (Lipinski definition) is 3. The summed E-state index contributed by atoms with van der Waals surface area (Å²) in [7, 11) is 0. The maximum atomic E-state index is 12.8. The Morgan fingerprint density at radius 3 is 2.76 bits per heavy atom. The van der Waals surface area contributed by atoms with Gasteiger partial charge < -0.3 is 5.32 Å². The minimum Gasteiger partial charge on any atom is -0.354 e. The molecule has 25 heavy (non-hydrogen) atoms. The molecule has 0 bridgehead atoms. The molecule has 2 aromatic heterocycles. The molecule has 1 amide bonds. The molecule has 1 aliphatic rings. The van der Waals surface area contributed by atoms with Crippen LogP contribution in [0.2, 0.25) is 5.02 Å². The first-order valence-electron chi connectivity index (χ1n) is 7.92. The highest BCUT2D eigenvalue weighted by Gasteiger charge is 2.37. The van der Waals surface area contributed by atoms with Crippen LogP contribution in [0.4, 0.5) is 13.2 Å². The van der Waals surface area contributed by atoms with E-state index in [1.807, 2.05) is 0 Å². The smallest absolute Gasteiger partial charge is 0.354 e. The largest absolute Gasteiger partial charge is 0.435 e. The fraction of sp³-hybridized carbons (Fsp3) is 0.533. The number of carbonyl (C=O) groups excluding carboxylic acids is 1. The molecule has 3 rings (SSSR count). The Morgan fingerprint density at radius 2 is 2.16 bits per heavy atom. The maximum Gasteiger partial charge on any atom is 0.435 e. The highest BCUT2D eigenvalue weighted by atomic mass is 35.5. The molecule has 1 saturated carbocycles. The minimum absolute atomic E-state index is 0.0417. The normalized spacial score (nSPS) is 14.7. The molecule has 0 unspecified atom stereocenters. The number of amides is 1. The zero-order chi connectivity index (χ0) is 18.0. The summed E-state index contributed by atoms with van der Waals surface area (Å²) < 4.78 is 41.3. The summed E-state index contributed by atoms with van der Waals surface area (Å²) in [4.78, 5) is 11.8. The monoisotopic (exact) mass is 375 g/mol. The quantitative estimate of drug-likeness (QED) is 0.757. The third-order valence-electron chi connectivity index (χ3n) is 3.87. The van der Waals surface area contributed by atoms with Crippen molar-refractivity contribution in [2.75, 3.05) is 6.54 Å². The summed E-state index contributed by atoms with van der Waals surface area (Å²) in [6.07, 6.45) is 0.812. The summed E-state index contributed by atoms with van der Waals surface area (Å²) >= 11 is 5.71. The first-order valence-corrected chi connectivity index (χ1v) is 8.30. The number of rotatable bonds is 7. The fourth-order valence-corrected chi connectivity index (χ4v) is 2.70. The van der Waals surface area contributed by atoms with Gasteiger partial charge in [-0.3, -0.25) is 14.2 Å². The van der Waals surface area contributed by atoms with Crippen LogP contribution in [0.1, 0.15) is 36.6 Å². The van der Waals surface area contributed by atoms with Crippen molar-refractivity contribution in [2.45, 2.75) is 44.4 Å². The van der Waals surface area contributed by atoms with Gasteiger partial charge in [0.05, 0.1) is 11.2 Å². The first-order chi connectivity index (χ1) is 11.8. The molecule has 1 aliphatic carbocycles. The second-order valence-corrected chi connectivity index (χ2v) is 6.45. The zero-order valence-corrected chi connectivity index (χ0v) is 14.0. The molecule has 0 aliphatic heterocycles. The van der Waals surface area contributed by atoms with Crippen LogP contribution >= 0.6 is 11.6 Å². The average Bonchev–Trinajstić information content (AvgIpc) is 3.14. The molecule has 10 heteroatoms. The topological polar surface area (TPSA) is 64.7 Å². The Kier molecular flexibility index (Phi) is 5.03. The van der Waals surface area contributed by atoms with Gasteiger partial charge in [-0.25, -0.2) is 0 Å². The summed E-state index contributed by atoms with van der Waals surface area (Å²) in [5.74, 6) is -0.0682. The van der Waals surface area contributed by atoms with Crippen LogP contribution in [0.15, 0.2) is 18.5 Å². The van der Waals surface area contributed by atoms with Crippen molar-refractivity contribution in [3.05, 3.63) is 34.9 Å². The lowest BCUT2D eigenvalue weighted by Crippen LogP contribution is -2.29. The number of nitrogens with zero attached hydrogens (tertiary/aromatic N) is 4. The number of nitrogens with one attached hydrogen (secondary N) is 1. The fourth-order valence-electron chi connectivity index (χ4n) is 2.54. The highest BCUT2D eigenvalue weighted by molar-refractivity contribution is 6.30. The van der Waals surface area contributed by atoms with Gasteiger partial charge in [0.15, 0.2) is 5.69 Å². The average molecular weight is 376 g/mol. The standard InChI is InChI=1S/C15H17ClF3N5O/c16-11-7-21-23(8-11)9-14(25)20-4-1-5-24-12(10-2-3-10)6-13(22-24)15(17,18)19/h6-8,10H,1-5,9H2,(H,20,25). The van der Waals surface area contributed by atoms with E-state index in [0.29, 0.717) is 30.2 Å². The van der Waals surface area contributed by atoms with E-state index in [1.54, 1.807) is 0 Å². The molecule has 0 atom stereocenters. The van der Waals surface area contributed by atoms with Gasteiger partial charge in [0.25, 0.3) is 0 Å². The lowest BCUT2D eigenvalue weighted by atomic mass is 10.2. The lowest BCUT2D eigenvalue weighted by molar-refractivity contribution is -0.141. The molecule has 1 N–H and O–H groups in total. The predicted octanol–water partition coefficient (Wildman–Crippen LogP) is 2.84. The molecule has 0 spiro atoms. The van der Waals surface area contributed by atoms with Gasteiger partial charge in [0.1, 0.15) is 6.54 Å². The second kappa shape index (κ2) is 7.07. The van der Waals surface area contributed by atoms with E-state index in [0.717, 1.165) is 18.9 Å². The van der Waals surface area contributed by atoms with E-state index in [2.05, 4.69) is 15.5 Å². The van der Waals surface area contributed by atoms with Crippen molar-refractivity contribution in [1.82, 2.24) is 24.9 Å². The lowest BCUT2D eigenvalue weighted by Gasteiger charge is -2.08. The first kappa shape index (κ1) is 17.8. The van der Waals surface area contributed by atoms with Gasteiger partial charge in [-0.2, -0.15) is 23.4 Å². The van der Waals surface area contributed by atoms with Crippen LogP contribution in [0.5, 0.6) is 0 Å². The molecule has 2 heterocycles. The molecule has 0 aromatic carbocycles. The van der Waals surface area contributed by atoms with Crippen LogP contribution < -0.4 is 5.32 Å². The number of alkyl halides is 3. The Hall–Kier alpha value is -2.03. The highest BCUT2D eigenvalue weighted by Crippen LogP contribution is 2.42. The van der Waals surface area contributed by atoms with Crippen LogP contribution in [0.3, 0.4) is 0 Å². The third-order valence-corrected chi connectivity index (χ3v) is 4.07. The van der Waals surface area contributed by atoms with E-state index in [9.17, 15) is 18.0 Å². The number of aromatic nitrogens is 4. The van der Waals surface area contributed by atoms with E-state index >= 15 is 0 Å². The molecule has 136 valence electrons. The predicted molar refractivity (Wildman–Crippen MR) is 84.1 cm³/mol. The minimum atomic E-state index is -4.44. The van der Waals surface area contributed by atoms with Gasteiger partial charge in [-0.05, 0) is 25.3 Å². The maximum absolute atomic E-state index is 12.8. The number of carbonyl (C=O) groups is 1. The molecule has 6 nitrogen and oxygen atoms in total. The number of hydrogen-bond donors (Lipinski definition) is 1. The van der Waals surface area contributed by atoms with Gasteiger partial charge in [0.2, 0.25) is 5.91 Å². The van der Waals surface area contributed by atoms with Crippen LogP contribution in [-0.4, -0.2) is 32.0 Å². The second-order valence-electron chi connectivity index (χ2n) is 6.01. The Labute approximate surface area is 146 Å². The van der Waals surface area contributed by atoms with Gasteiger partial charge in [-0.15, -0.1) is 0 Å². The van der Waals surface area contributed by atoms with Gasteiger partial charge in [-0.1, -0.05) is 11.6 Å². The van der Waals surface area contributed by atoms with Crippen molar-refractivity contribution in [3.8, 4) is 0 Å². The van der Waals surface area contributed by atoms with Crippen molar-refractivity contribution in [1.29, 1.82) is 0 Å². The molecule has 0 radical (unpaired) electrons. The Balaban J connectivity index is 1.48. The SMILES string of the molecule is O=C(Cn1cc(Cl)cn1)NCCCn1nc(C(F)(F)F)cc1C1CC1. The Morgan fingerprint density at radius 1 is 1.40 bits per heavy atom. The molecule has 1 fully saturated rings. The number of halogens is 4. The number of aryl methyl sites for hydroxylation is 1. The van der Waals surface area contributed by atoms with E-state index in [4.69, 9.17) is 11.6 Å². The van der Waals surface area contributed by atoms with E-state index in [-0.39, 0.29) is 18.4 Å².